The molecular formula is C11H13BrF2O2. The molecule has 0 bridgehead atoms. The van der Waals surface area contributed by atoms with Gasteiger partial charge in [-0.1, -0.05) is 22.9 Å². The molecule has 5 heteroatoms. The van der Waals surface area contributed by atoms with Crippen molar-refractivity contribution in [3.8, 4) is 0 Å². The van der Waals surface area contributed by atoms with E-state index in [-0.39, 0.29) is 12.2 Å². The summed E-state index contributed by atoms with van der Waals surface area (Å²) in [7, 11) is 0. The average molecular weight is 295 g/mol. The molecule has 0 saturated carbocycles. The second kappa shape index (κ2) is 6.27. The van der Waals surface area contributed by atoms with Gasteiger partial charge in [0.25, 0.3) is 0 Å². The molecule has 1 aromatic rings. The van der Waals surface area contributed by atoms with Crippen molar-refractivity contribution in [2.75, 3.05) is 13.2 Å². The largest absolute Gasteiger partial charge is 0.386 e. The van der Waals surface area contributed by atoms with Crippen molar-refractivity contribution >= 4 is 15.9 Å². The minimum atomic E-state index is -1.28. The van der Waals surface area contributed by atoms with E-state index in [1.54, 1.807) is 0 Å². The van der Waals surface area contributed by atoms with Crippen LogP contribution in [0.5, 0.6) is 0 Å². The molecule has 0 radical (unpaired) electrons. The standard InChI is InChI=1S/C11H13BrF2O2/c1-2-3-16-6-10(15)11-8(13)4-7(12)5-9(11)14/h4-5,10,15H,2-3,6H2,1H3. The molecule has 1 atom stereocenters. The Morgan fingerprint density at radius 2 is 1.94 bits per heavy atom. The van der Waals surface area contributed by atoms with Crippen LogP contribution in [0.15, 0.2) is 16.6 Å². The normalized spacial score (nSPS) is 12.8. The van der Waals surface area contributed by atoms with E-state index in [0.29, 0.717) is 11.1 Å². The molecule has 2 nitrogen and oxygen atoms in total. The van der Waals surface area contributed by atoms with Gasteiger partial charge in [-0.05, 0) is 18.6 Å². The summed E-state index contributed by atoms with van der Waals surface area (Å²) in [4.78, 5) is 0. The molecule has 0 spiro atoms. The lowest BCUT2D eigenvalue weighted by molar-refractivity contribution is 0.0327. The maximum Gasteiger partial charge on any atom is 0.133 e. The van der Waals surface area contributed by atoms with E-state index in [2.05, 4.69) is 15.9 Å². The van der Waals surface area contributed by atoms with Gasteiger partial charge in [0.05, 0.1) is 12.2 Å². The molecule has 0 aliphatic heterocycles. The van der Waals surface area contributed by atoms with E-state index < -0.39 is 17.7 Å². The van der Waals surface area contributed by atoms with E-state index in [4.69, 9.17) is 4.74 Å². The van der Waals surface area contributed by atoms with Gasteiger partial charge in [-0.15, -0.1) is 0 Å². The first-order chi connectivity index (χ1) is 7.56. The van der Waals surface area contributed by atoms with Crippen LogP contribution in [0.4, 0.5) is 8.78 Å². The number of halogens is 3. The van der Waals surface area contributed by atoms with Gasteiger partial charge in [0, 0.05) is 11.1 Å². The summed E-state index contributed by atoms with van der Waals surface area (Å²) in [6, 6.07) is 2.23. The van der Waals surface area contributed by atoms with Crippen molar-refractivity contribution in [1.82, 2.24) is 0 Å². The van der Waals surface area contributed by atoms with Crippen molar-refractivity contribution in [1.29, 1.82) is 0 Å². The van der Waals surface area contributed by atoms with Gasteiger partial charge in [-0.2, -0.15) is 0 Å². The van der Waals surface area contributed by atoms with Crippen LogP contribution >= 0.6 is 15.9 Å². The number of benzene rings is 1. The van der Waals surface area contributed by atoms with E-state index >= 15 is 0 Å². The Morgan fingerprint density at radius 1 is 1.38 bits per heavy atom. The predicted octanol–water partition coefficient (Wildman–Crippen LogP) is 3.19. The molecule has 0 fully saturated rings. The maximum atomic E-state index is 13.4. The van der Waals surface area contributed by atoms with E-state index in [0.717, 1.165) is 18.6 Å². The van der Waals surface area contributed by atoms with Crippen LogP contribution in [-0.2, 0) is 4.74 Å². The van der Waals surface area contributed by atoms with Gasteiger partial charge in [-0.3, -0.25) is 0 Å². The van der Waals surface area contributed by atoms with Gasteiger partial charge in [0.2, 0.25) is 0 Å². The van der Waals surface area contributed by atoms with Crippen molar-refractivity contribution in [2.24, 2.45) is 0 Å². The summed E-state index contributed by atoms with van der Waals surface area (Å²) < 4.78 is 32.1. The van der Waals surface area contributed by atoms with Crippen LogP contribution in [0.2, 0.25) is 0 Å². The lowest BCUT2D eigenvalue weighted by Crippen LogP contribution is -2.11. The Hall–Kier alpha value is -0.520. The average Bonchev–Trinajstić information content (AvgIpc) is 2.16. The number of rotatable bonds is 5. The minimum Gasteiger partial charge on any atom is -0.386 e. The summed E-state index contributed by atoms with van der Waals surface area (Å²) in [5.41, 5.74) is -0.348. The fourth-order valence-corrected chi connectivity index (χ4v) is 1.70. The number of aliphatic hydroxyl groups excluding tert-OH is 1. The minimum absolute atomic E-state index is 0.108. The van der Waals surface area contributed by atoms with Gasteiger partial charge in [0.15, 0.2) is 0 Å². The number of hydrogen-bond acceptors (Lipinski definition) is 2. The van der Waals surface area contributed by atoms with Crippen LogP contribution in [0.3, 0.4) is 0 Å². The fraction of sp³-hybridized carbons (Fsp3) is 0.455. The Balaban J connectivity index is 2.78. The maximum absolute atomic E-state index is 13.4. The van der Waals surface area contributed by atoms with Crippen LogP contribution in [0.1, 0.15) is 25.0 Å². The Labute approximate surface area is 101 Å². The zero-order valence-electron chi connectivity index (χ0n) is 8.84. The van der Waals surface area contributed by atoms with Gasteiger partial charge >= 0.3 is 0 Å². The molecule has 16 heavy (non-hydrogen) atoms. The number of ether oxygens (including phenoxy) is 1. The first-order valence-corrected chi connectivity index (χ1v) is 5.75. The third-order valence-corrected chi connectivity index (χ3v) is 2.46. The first-order valence-electron chi connectivity index (χ1n) is 4.96. The third-order valence-electron chi connectivity index (χ3n) is 2.00. The first kappa shape index (κ1) is 13.5. The SMILES string of the molecule is CCCOCC(O)c1c(F)cc(Br)cc1F. The van der Waals surface area contributed by atoms with Crippen molar-refractivity contribution in [2.45, 2.75) is 19.4 Å². The second-order valence-electron chi connectivity index (χ2n) is 3.37. The highest BCUT2D eigenvalue weighted by molar-refractivity contribution is 9.10. The smallest absolute Gasteiger partial charge is 0.133 e. The van der Waals surface area contributed by atoms with Gasteiger partial charge in [-0.25, -0.2) is 8.78 Å². The lowest BCUT2D eigenvalue weighted by atomic mass is 10.1. The van der Waals surface area contributed by atoms with Crippen molar-refractivity contribution in [3.05, 3.63) is 33.8 Å². The Morgan fingerprint density at radius 3 is 2.44 bits per heavy atom. The number of aliphatic hydroxyl groups is 1. The van der Waals surface area contributed by atoms with Gasteiger partial charge in [0.1, 0.15) is 17.7 Å². The fourth-order valence-electron chi connectivity index (χ4n) is 1.29. The van der Waals surface area contributed by atoms with Gasteiger partial charge < -0.3 is 9.84 Å². The molecule has 1 rings (SSSR count). The Kier molecular flexibility index (Phi) is 5.31. The molecule has 0 aliphatic rings. The molecule has 0 aromatic heterocycles. The molecule has 1 aromatic carbocycles. The number of hydrogen-bond donors (Lipinski definition) is 1. The molecule has 0 amide bonds. The van der Waals surface area contributed by atoms with E-state index in [1.807, 2.05) is 6.92 Å². The molecule has 1 unspecified atom stereocenters. The molecule has 1 N–H and O–H groups in total. The summed E-state index contributed by atoms with van der Waals surface area (Å²) in [5, 5.41) is 9.58. The summed E-state index contributed by atoms with van der Waals surface area (Å²) >= 11 is 2.97. The molecule has 90 valence electrons. The summed E-state index contributed by atoms with van der Waals surface area (Å²) in [5.74, 6) is -1.56. The predicted molar refractivity (Wildman–Crippen MR) is 60.1 cm³/mol. The van der Waals surface area contributed by atoms with Crippen LogP contribution < -0.4 is 0 Å². The quantitative estimate of drug-likeness (QED) is 0.845. The zero-order valence-corrected chi connectivity index (χ0v) is 10.4. The van der Waals surface area contributed by atoms with E-state index in [9.17, 15) is 13.9 Å². The monoisotopic (exact) mass is 294 g/mol. The molecule has 0 aliphatic carbocycles. The van der Waals surface area contributed by atoms with Crippen LogP contribution in [0, 0.1) is 11.6 Å². The second-order valence-corrected chi connectivity index (χ2v) is 4.29. The molecule has 0 saturated heterocycles. The highest BCUT2D eigenvalue weighted by Gasteiger charge is 2.18. The molecule has 0 heterocycles. The highest BCUT2D eigenvalue weighted by atomic mass is 79.9. The van der Waals surface area contributed by atoms with E-state index in [1.165, 1.54) is 0 Å². The van der Waals surface area contributed by atoms with Crippen LogP contribution in [-0.4, -0.2) is 18.3 Å². The summed E-state index contributed by atoms with van der Waals surface area (Å²) in [6.45, 7) is 2.26. The topological polar surface area (TPSA) is 29.5 Å². The zero-order chi connectivity index (χ0) is 12.1. The van der Waals surface area contributed by atoms with Crippen LogP contribution in [0.25, 0.3) is 0 Å². The highest BCUT2D eigenvalue weighted by Crippen LogP contribution is 2.25. The Bertz CT molecular complexity index is 335. The summed E-state index contributed by atoms with van der Waals surface area (Å²) in [6.07, 6.45) is -0.488. The molecular weight excluding hydrogens is 282 g/mol. The van der Waals surface area contributed by atoms with Crippen molar-refractivity contribution in [3.63, 3.8) is 0 Å². The van der Waals surface area contributed by atoms with Crippen molar-refractivity contribution < 1.29 is 18.6 Å². The lowest BCUT2D eigenvalue weighted by Gasteiger charge is -2.13. The third kappa shape index (κ3) is 3.50.